The maximum Gasteiger partial charge on any atom is 0.191 e. The first-order valence-electron chi connectivity index (χ1n) is 8.83. The number of aliphatic imine (C=N–C) groups is 1. The van der Waals surface area contributed by atoms with Crippen molar-refractivity contribution < 1.29 is 0 Å². The van der Waals surface area contributed by atoms with Crippen LogP contribution < -0.4 is 10.6 Å². The molecule has 24 heavy (non-hydrogen) atoms. The Morgan fingerprint density at radius 1 is 1.29 bits per heavy atom. The number of halogens is 1. The summed E-state index contributed by atoms with van der Waals surface area (Å²) in [7, 11) is 3.77. The lowest BCUT2D eigenvalue weighted by molar-refractivity contribution is 0.189. The Hall–Kier alpha value is -0.830. The quantitative estimate of drug-likeness (QED) is 0.291. The fourth-order valence-corrected chi connectivity index (χ4v) is 2.92. The second kappa shape index (κ2) is 11.7. The van der Waals surface area contributed by atoms with E-state index in [-0.39, 0.29) is 24.0 Å². The minimum absolute atomic E-state index is 0. The molecule has 7 heteroatoms. The zero-order valence-corrected chi connectivity index (χ0v) is 17.6. The van der Waals surface area contributed by atoms with Crippen LogP contribution in [-0.4, -0.2) is 53.9 Å². The predicted molar refractivity (Wildman–Crippen MR) is 111 cm³/mol. The topological polar surface area (TPSA) is 57.5 Å². The van der Waals surface area contributed by atoms with Crippen molar-refractivity contribution in [3.05, 3.63) is 18.0 Å². The molecule has 0 amide bonds. The van der Waals surface area contributed by atoms with Gasteiger partial charge in [-0.1, -0.05) is 6.92 Å². The average molecular weight is 448 g/mol. The van der Waals surface area contributed by atoms with Crippen molar-refractivity contribution in [2.75, 3.05) is 33.2 Å². The molecule has 0 aliphatic carbocycles. The number of guanidine groups is 1. The third-order valence-corrected chi connectivity index (χ3v) is 4.65. The number of piperidine rings is 1. The zero-order chi connectivity index (χ0) is 16.5. The van der Waals surface area contributed by atoms with Crippen molar-refractivity contribution in [1.29, 1.82) is 0 Å². The number of aromatic nitrogens is 2. The van der Waals surface area contributed by atoms with E-state index in [0.717, 1.165) is 30.7 Å². The van der Waals surface area contributed by atoms with E-state index < -0.39 is 0 Å². The van der Waals surface area contributed by atoms with Gasteiger partial charge >= 0.3 is 0 Å². The average Bonchev–Trinajstić information content (AvgIpc) is 2.97. The summed E-state index contributed by atoms with van der Waals surface area (Å²) in [5, 5.41) is 10.9. The van der Waals surface area contributed by atoms with Gasteiger partial charge in [-0.3, -0.25) is 9.67 Å². The smallest absolute Gasteiger partial charge is 0.191 e. The van der Waals surface area contributed by atoms with Crippen molar-refractivity contribution >= 4 is 29.9 Å². The molecule has 1 saturated heterocycles. The summed E-state index contributed by atoms with van der Waals surface area (Å²) in [6.45, 7) is 7.86. The van der Waals surface area contributed by atoms with Crippen molar-refractivity contribution in [3.63, 3.8) is 0 Å². The van der Waals surface area contributed by atoms with E-state index in [1.165, 1.54) is 45.3 Å². The highest BCUT2D eigenvalue weighted by Crippen LogP contribution is 2.15. The highest BCUT2D eigenvalue weighted by molar-refractivity contribution is 14.0. The number of unbranched alkanes of at least 4 members (excludes halogenated alkanes) is 1. The molecule has 0 aromatic carbocycles. The van der Waals surface area contributed by atoms with Crippen molar-refractivity contribution in [2.24, 2.45) is 18.0 Å². The molecule has 0 radical (unpaired) electrons. The Labute approximate surface area is 163 Å². The number of hydrogen-bond donors (Lipinski definition) is 2. The van der Waals surface area contributed by atoms with Crippen LogP contribution in [0.4, 0.5) is 0 Å². The highest BCUT2D eigenvalue weighted by Gasteiger charge is 2.14. The van der Waals surface area contributed by atoms with Crippen molar-refractivity contribution in [3.8, 4) is 0 Å². The maximum atomic E-state index is 4.27. The second-order valence-electron chi connectivity index (χ2n) is 6.53. The molecular weight excluding hydrogens is 415 g/mol. The Morgan fingerprint density at radius 3 is 2.67 bits per heavy atom. The number of aryl methyl sites for hydroxylation is 1. The number of likely N-dealkylation sites (tertiary alicyclic amines) is 1. The van der Waals surface area contributed by atoms with Crippen LogP contribution in [0.1, 0.15) is 38.3 Å². The molecule has 0 unspecified atom stereocenters. The molecular formula is C17H33IN6. The predicted octanol–water partition coefficient (Wildman–Crippen LogP) is 2.22. The van der Waals surface area contributed by atoms with Gasteiger partial charge in [0.05, 0.1) is 12.2 Å². The van der Waals surface area contributed by atoms with Gasteiger partial charge in [0.15, 0.2) is 5.96 Å². The Bertz CT molecular complexity index is 479. The molecule has 1 fully saturated rings. The van der Waals surface area contributed by atoms with Crippen LogP contribution in [0.25, 0.3) is 0 Å². The van der Waals surface area contributed by atoms with E-state index in [2.05, 4.69) is 32.5 Å². The van der Waals surface area contributed by atoms with Crippen LogP contribution in [-0.2, 0) is 13.6 Å². The van der Waals surface area contributed by atoms with Crippen LogP contribution in [0.15, 0.2) is 17.3 Å². The molecule has 0 spiro atoms. The summed E-state index contributed by atoms with van der Waals surface area (Å²) in [5.41, 5.74) is 1.15. The number of rotatable bonds is 7. The summed E-state index contributed by atoms with van der Waals surface area (Å²) in [5.74, 6) is 1.78. The first kappa shape index (κ1) is 21.2. The van der Waals surface area contributed by atoms with Gasteiger partial charge in [-0.15, -0.1) is 24.0 Å². The third-order valence-electron chi connectivity index (χ3n) is 4.65. The normalized spacial score (nSPS) is 16.7. The van der Waals surface area contributed by atoms with E-state index in [0.29, 0.717) is 0 Å². The SMILES string of the molecule is CN=C(NCCCCN1CCC(C)CC1)NCc1ccnn1C.I. The Kier molecular flexibility index (Phi) is 10.3. The van der Waals surface area contributed by atoms with Gasteiger partial charge in [-0.25, -0.2) is 0 Å². The van der Waals surface area contributed by atoms with E-state index in [9.17, 15) is 0 Å². The van der Waals surface area contributed by atoms with Crippen LogP contribution in [0.3, 0.4) is 0 Å². The lowest BCUT2D eigenvalue weighted by Gasteiger charge is -2.30. The van der Waals surface area contributed by atoms with E-state index >= 15 is 0 Å². The monoisotopic (exact) mass is 448 g/mol. The van der Waals surface area contributed by atoms with E-state index in [1.807, 2.05) is 31.0 Å². The van der Waals surface area contributed by atoms with Crippen LogP contribution in [0.2, 0.25) is 0 Å². The molecule has 0 bridgehead atoms. The molecule has 6 nitrogen and oxygen atoms in total. The van der Waals surface area contributed by atoms with E-state index in [4.69, 9.17) is 0 Å². The minimum Gasteiger partial charge on any atom is -0.356 e. The summed E-state index contributed by atoms with van der Waals surface area (Å²) >= 11 is 0. The lowest BCUT2D eigenvalue weighted by atomic mass is 9.99. The Morgan fingerprint density at radius 2 is 2.04 bits per heavy atom. The molecule has 0 saturated carbocycles. The fraction of sp³-hybridized carbons (Fsp3) is 0.765. The highest BCUT2D eigenvalue weighted by atomic mass is 127. The molecule has 2 heterocycles. The number of hydrogen-bond acceptors (Lipinski definition) is 3. The standard InChI is InChI=1S/C17H32N6.HI/c1-15-7-12-23(13-8-15)11-5-4-9-19-17(18-2)20-14-16-6-10-21-22(16)3;/h6,10,15H,4-5,7-9,11-14H2,1-3H3,(H2,18,19,20);1H. The molecule has 1 aliphatic heterocycles. The van der Waals surface area contributed by atoms with Gasteiger partial charge in [0.2, 0.25) is 0 Å². The molecule has 0 atom stereocenters. The van der Waals surface area contributed by atoms with Crippen LogP contribution >= 0.6 is 24.0 Å². The van der Waals surface area contributed by atoms with Crippen LogP contribution in [0.5, 0.6) is 0 Å². The first-order chi connectivity index (χ1) is 11.2. The number of nitrogens with zero attached hydrogens (tertiary/aromatic N) is 4. The van der Waals surface area contributed by atoms with Gasteiger partial charge in [-0.05, 0) is 57.3 Å². The van der Waals surface area contributed by atoms with Crippen LogP contribution in [0, 0.1) is 5.92 Å². The fourth-order valence-electron chi connectivity index (χ4n) is 2.92. The summed E-state index contributed by atoms with van der Waals surface area (Å²) in [6.07, 6.45) is 6.97. The number of nitrogens with one attached hydrogen (secondary N) is 2. The largest absolute Gasteiger partial charge is 0.356 e. The molecule has 1 aliphatic rings. The second-order valence-corrected chi connectivity index (χ2v) is 6.53. The van der Waals surface area contributed by atoms with Crippen molar-refractivity contribution in [1.82, 2.24) is 25.3 Å². The third kappa shape index (κ3) is 7.38. The molecule has 1 aromatic rings. The summed E-state index contributed by atoms with van der Waals surface area (Å²) in [4.78, 5) is 6.87. The molecule has 2 N–H and O–H groups in total. The van der Waals surface area contributed by atoms with Crippen molar-refractivity contribution in [2.45, 2.75) is 39.2 Å². The van der Waals surface area contributed by atoms with Gasteiger partial charge in [0, 0.05) is 26.8 Å². The first-order valence-corrected chi connectivity index (χ1v) is 8.83. The molecule has 2 rings (SSSR count). The maximum absolute atomic E-state index is 4.27. The molecule has 1 aromatic heterocycles. The minimum atomic E-state index is 0. The van der Waals surface area contributed by atoms with Gasteiger partial charge in [-0.2, -0.15) is 5.10 Å². The zero-order valence-electron chi connectivity index (χ0n) is 15.3. The summed E-state index contributed by atoms with van der Waals surface area (Å²) in [6, 6.07) is 2.01. The van der Waals surface area contributed by atoms with Gasteiger partial charge in [0.1, 0.15) is 0 Å². The van der Waals surface area contributed by atoms with Gasteiger partial charge < -0.3 is 15.5 Å². The molecule has 138 valence electrons. The summed E-state index contributed by atoms with van der Waals surface area (Å²) < 4.78 is 1.87. The lowest BCUT2D eigenvalue weighted by Crippen LogP contribution is -2.38. The Balaban J connectivity index is 0.00000288. The van der Waals surface area contributed by atoms with Gasteiger partial charge in [0.25, 0.3) is 0 Å². The van der Waals surface area contributed by atoms with E-state index in [1.54, 1.807) is 0 Å².